The number of amides is 2. The maximum Gasteiger partial charge on any atom is 0.256 e. The van der Waals surface area contributed by atoms with Crippen molar-refractivity contribution in [2.75, 3.05) is 24.2 Å². The number of hydrogen-bond acceptors (Lipinski definition) is 3. The standard InChI is InChI=1S/C20H21FN2O2S/c1-14-8-9-17(16(21)12-14)22-20(25)15-6-2-3-7-18(15)26-13-19(24)23-10-4-5-11-23/h2-3,6-9,12H,4-5,10-11,13H2,1H3,(H,22,25). The summed E-state index contributed by atoms with van der Waals surface area (Å²) in [4.78, 5) is 27.4. The topological polar surface area (TPSA) is 49.4 Å². The molecular formula is C20H21FN2O2S. The van der Waals surface area contributed by atoms with Gasteiger partial charge < -0.3 is 10.2 Å². The Morgan fingerprint density at radius 1 is 1.15 bits per heavy atom. The van der Waals surface area contributed by atoms with E-state index in [0.29, 0.717) is 16.2 Å². The molecule has 0 bridgehead atoms. The number of hydrogen-bond donors (Lipinski definition) is 1. The van der Waals surface area contributed by atoms with E-state index in [9.17, 15) is 14.0 Å². The number of nitrogens with zero attached hydrogens (tertiary/aromatic N) is 1. The van der Waals surface area contributed by atoms with Gasteiger partial charge in [-0.2, -0.15) is 0 Å². The highest BCUT2D eigenvalue weighted by Gasteiger charge is 2.19. The first-order valence-electron chi connectivity index (χ1n) is 8.62. The van der Waals surface area contributed by atoms with Gasteiger partial charge in [0.25, 0.3) is 5.91 Å². The van der Waals surface area contributed by atoms with Crippen LogP contribution in [0.5, 0.6) is 0 Å². The van der Waals surface area contributed by atoms with Crippen molar-refractivity contribution in [1.29, 1.82) is 0 Å². The zero-order valence-corrected chi connectivity index (χ0v) is 15.4. The average molecular weight is 372 g/mol. The summed E-state index contributed by atoms with van der Waals surface area (Å²) < 4.78 is 14.0. The van der Waals surface area contributed by atoms with Gasteiger partial charge in [-0.1, -0.05) is 18.2 Å². The molecule has 6 heteroatoms. The van der Waals surface area contributed by atoms with Gasteiger partial charge in [-0.3, -0.25) is 9.59 Å². The van der Waals surface area contributed by atoms with Gasteiger partial charge in [0.15, 0.2) is 0 Å². The Balaban J connectivity index is 1.69. The van der Waals surface area contributed by atoms with Crippen LogP contribution in [0.1, 0.15) is 28.8 Å². The van der Waals surface area contributed by atoms with Crippen molar-refractivity contribution < 1.29 is 14.0 Å². The van der Waals surface area contributed by atoms with Gasteiger partial charge in [0.05, 0.1) is 17.0 Å². The number of benzene rings is 2. The van der Waals surface area contributed by atoms with Gasteiger partial charge in [0.1, 0.15) is 5.82 Å². The normalized spacial score (nSPS) is 13.7. The van der Waals surface area contributed by atoms with Crippen LogP contribution < -0.4 is 5.32 Å². The lowest BCUT2D eigenvalue weighted by Crippen LogP contribution is -2.29. The fourth-order valence-electron chi connectivity index (χ4n) is 2.89. The minimum absolute atomic E-state index is 0.0901. The lowest BCUT2D eigenvalue weighted by atomic mass is 10.2. The third-order valence-corrected chi connectivity index (χ3v) is 5.37. The summed E-state index contributed by atoms with van der Waals surface area (Å²) >= 11 is 1.34. The van der Waals surface area contributed by atoms with Gasteiger partial charge in [0, 0.05) is 18.0 Å². The van der Waals surface area contributed by atoms with Crippen molar-refractivity contribution in [2.24, 2.45) is 0 Å². The maximum absolute atomic E-state index is 14.0. The Labute approximate surface area is 156 Å². The summed E-state index contributed by atoms with van der Waals surface area (Å²) in [5, 5.41) is 2.61. The highest BCUT2D eigenvalue weighted by molar-refractivity contribution is 8.00. The van der Waals surface area contributed by atoms with Crippen LogP contribution in [0.15, 0.2) is 47.4 Å². The van der Waals surface area contributed by atoms with Crippen molar-refractivity contribution >= 4 is 29.3 Å². The van der Waals surface area contributed by atoms with Crippen molar-refractivity contribution in [3.05, 3.63) is 59.4 Å². The number of aryl methyl sites for hydroxylation is 1. The molecule has 2 amide bonds. The molecule has 136 valence electrons. The number of carbonyl (C=O) groups is 2. The molecule has 0 radical (unpaired) electrons. The van der Waals surface area contributed by atoms with Crippen LogP contribution in [0.3, 0.4) is 0 Å². The van der Waals surface area contributed by atoms with E-state index in [1.54, 1.807) is 31.2 Å². The van der Waals surface area contributed by atoms with E-state index in [4.69, 9.17) is 0 Å². The quantitative estimate of drug-likeness (QED) is 0.804. The van der Waals surface area contributed by atoms with Crippen LogP contribution in [0.4, 0.5) is 10.1 Å². The Hall–Kier alpha value is -2.34. The van der Waals surface area contributed by atoms with Crippen LogP contribution in [-0.4, -0.2) is 35.6 Å². The molecule has 1 saturated heterocycles. The van der Waals surface area contributed by atoms with Gasteiger partial charge in [-0.25, -0.2) is 4.39 Å². The zero-order valence-electron chi connectivity index (χ0n) is 14.6. The van der Waals surface area contributed by atoms with E-state index >= 15 is 0 Å². The van der Waals surface area contributed by atoms with E-state index in [2.05, 4.69) is 5.32 Å². The van der Waals surface area contributed by atoms with Crippen LogP contribution in [0.25, 0.3) is 0 Å². The first kappa shape index (κ1) is 18.5. The van der Waals surface area contributed by atoms with Crippen LogP contribution in [-0.2, 0) is 4.79 Å². The second kappa shape index (κ2) is 8.36. The molecule has 1 fully saturated rings. The fraction of sp³-hybridized carbons (Fsp3) is 0.300. The molecule has 1 heterocycles. The van der Waals surface area contributed by atoms with Crippen LogP contribution in [0, 0.1) is 12.7 Å². The fourth-order valence-corrected chi connectivity index (χ4v) is 3.84. The summed E-state index contributed by atoms with van der Waals surface area (Å²) in [6, 6.07) is 11.7. The van der Waals surface area contributed by atoms with Crippen molar-refractivity contribution in [3.63, 3.8) is 0 Å². The minimum atomic E-state index is -0.465. The predicted octanol–water partition coefficient (Wildman–Crippen LogP) is 4.10. The molecule has 0 atom stereocenters. The lowest BCUT2D eigenvalue weighted by Gasteiger charge is -2.15. The van der Waals surface area contributed by atoms with Crippen molar-refractivity contribution in [2.45, 2.75) is 24.7 Å². The highest BCUT2D eigenvalue weighted by atomic mass is 32.2. The number of likely N-dealkylation sites (tertiary alicyclic amines) is 1. The molecule has 1 aliphatic heterocycles. The van der Waals surface area contributed by atoms with Gasteiger partial charge in [-0.05, 0) is 49.6 Å². The summed E-state index contributed by atoms with van der Waals surface area (Å²) in [5.41, 5.74) is 1.37. The predicted molar refractivity (Wildman–Crippen MR) is 102 cm³/mol. The van der Waals surface area contributed by atoms with Gasteiger partial charge >= 0.3 is 0 Å². The van der Waals surface area contributed by atoms with E-state index in [1.807, 2.05) is 17.0 Å². The lowest BCUT2D eigenvalue weighted by molar-refractivity contribution is -0.127. The smallest absolute Gasteiger partial charge is 0.256 e. The molecule has 0 aliphatic carbocycles. The monoisotopic (exact) mass is 372 g/mol. The SMILES string of the molecule is Cc1ccc(NC(=O)c2ccccc2SCC(=O)N2CCCC2)c(F)c1. The van der Waals surface area contributed by atoms with E-state index < -0.39 is 5.82 Å². The van der Waals surface area contributed by atoms with Crippen LogP contribution >= 0.6 is 11.8 Å². The number of thioether (sulfide) groups is 1. The first-order chi connectivity index (χ1) is 12.5. The van der Waals surface area contributed by atoms with Crippen molar-refractivity contribution in [3.8, 4) is 0 Å². The Bertz CT molecular complexity index is 819. The molecule has 0 aromatic heterocycles. The molecule has 2 aromatic carbocycles. The molecule has 4 nitrogen and oxygen atoms in total. The largest absolute Gasteiger partial charge is 0.342 e. The number of rotatable bonds is 5. The molecule has 3 rings (SSSR count). The molecule has 0 spiro atoms. The second-order valence-corrected chi connectivity index (χ2v) is 7.33. The van der Waals surface area contributed by atoms with E-state index in [0.717, 1.165) is 31.5 Å². The number of carbonyl (C=O) groups excluding carboxylic acids is 2. The minimum Gasteiger partial charge on any atom is -0.342 e. The number of nitrogens with one attached hydrogen (secondary N) is 1. The molecule has 1 N–H and O–H groups in total. The average Bonchev–Trinajstić information content (AvgIpc) is 3.17. The van der Waals surface area contributed by atoms with E-state index in [1.165, 1.54) is 17.8 Å². The summed E-state index contributed by atoms with van der Waals surface area (Å²) in [6.45, 7) is 3.42. The summed E-state index contributed by atoms with van der Waals surface area (Å²) in [5.74, 6) is -0.465. The maximum atomic E-state index is 14.0. The second-order valence-electron chi connectivity index (χ2n) is 6.31. The molecule has 0 unspecified atom stereocenters. The Morgan fingerprint density at radius 3 is 2.62 bits per heavy atom. The molecule has 1 aliphatic rings. The summed E-state index contributed by atoms with van der Waals surface area (Å²) in [6.07, 6.45) is 2.11. The van der Waals surface area contributed by atoms with Gasteiger partial charge in [-0.15, -0.1) is 11.8 Å². The third kappa shape index (κ3) is 4.43. The molecule has 2 aromatic rings. The Morgan fingerprint density at radius 2 is 1.88 bits per heavy atom. The number of halogens is 1. The molecular weight excluding hydrogens is 351 g/mol. The first-order valence-corrected chi connectivity index (χ1v) is 9.60. The molecule has 0 saturated carbocycles. The Kier molecular flexibility index (Phi) is 5.93. The zero-order chi connectivity index (χ0) is 18.5. The van der Waals surface area contributed by atoms with Crippen molar-refractivity contribution in [1.82, 2.24) is 4.90 Å². The third-order valence-electron chi connectivity index (χ3n) is 4.31. The highest BCUT2D eigenvalue weighted by Crippen LogP contribution is 2.25. The van der Waals surface area contributed by atoms with Crippen LogP contribution in [0.2, 0.25) is 0 Å². The number of anilines is 1. The van der Waals surface area contributed by atoms with E-state index in [-0.39, 0.29) is 17.5 Å². The molecule has 26 heavy (non-hydrogen) atoms. The summed E-state index contributed by atoms with van der Waals surface area (Å²) in [7, 11) is 0. The van der Waals surface area contributed by atoms with Gasteiger partial charge in [0.2, 0.25) is 5.91 Å².